The molecule has 3 aliphatic heterocycles. The van der Waals surface area contributed by atoms with Crippen LogP contribution in [0, 0.1) is 12.8 Å². The average molecular weight is 517 g/mol. The van der Waals surface area contributed by atoms with E-state index in [4.69, 9.17) is 14.7 Å². The van der Waals surface area contributed by atoms with Crippen molar-refractivity contribution in [1.82, 2.24) is 30.0 Å². The lowest BCUT2D eigenvalue weighted by atomic mass is 10.0. The van der Waals surface area contributed by atoms with E-state index in [2.05, 4.69) is 57.6 Å². The van der Waals surface area contributed by atoms with Crippen molar-refractivity contribution in [1.29, 1.82) is 0 Å². The van der Waals surface area contributed by atoms with E-state index in [-0.39, 0.29) is 5.91 Å². The van der Waals surface area contributed by atoms with Crippen LogP contribution in [-0.2, 0) is 17.8 Å². The van der Waals surface area contributed by atoms with Crippen LogP contribution >= 0.6 is 0 Å². The van der Waals surface area contributed by atoms with Gasteiger partial charge in [-0.1, -0.05) is 12.6 Å². The zero-order chi connectivity index (χ0) is 26.2. The minimum Gasteiger partial charge on any atom is -0.463 e. The molecule has 1 atom stereocenters. The van der Waals surface area contributed by atoms with Crippen molar-refractivity contribution in [3.05, 3.63) is 47.8 Å². The molecule has 3 aliphatic rings. The van der Waals surface area contributed by atoms with Crippen LogP contribution < -0.4 is 14.5 Å². The normalized spacial score (nSPS) is 20.2. The van der Waals surface area contributed by atoms with Gasteiger partial charge in [-0.3, -0.25) is 9.89 Å². The summed E-state index contributed by atoms with van der Waals surface area (Å²) in [7, 11) is 2.15. The van der Waals surface area contributed by atoms with Gasteiger partial charge in [0, 0.05) is 56.1 Å². The van der Waals surface area contributed by atoms with E-state index in [1.807, 2.05) is 11.1 Å². The molecule has 1 unspecified atom stereocenters. The SMILES string of the molecule is C=CC(=O)N1CCN(c2nc(OCC3CCN(C)C3)nc3c2CCN(c2c(C)ccc4[nH]ncc24)C3)CC1. The molecule has 0 bridgehead atoms. The number of likely N-dealkylation sites (tertiary alicyclic amines) is 1. The third kappa shape index (κ3) is 4.69. The number of carbonyl (C=O) groups is 1. The summed E-state index contributed by atoms with van der Waals surface area (Å²) in [6.45, 7) is 12.9. The number of hydrogen-bond donors (Lipinski definition) is 1. The van der Waals surface area contributed by atoms with E-state index in [1.54, 1.807) is 0 Å². The molecule has 5 heterocycles. The number of carbonyl (C=O) groups excluding carboxylic acids is 1. The number of aromatic amines is 1. The molecule has 0 radical (unpaired) electrons. The number of anilines is 2. The van der Waals surface area contributed by atoms with E-state index >= 15 is 0 Å². The maximum Gasteiger partial charge on any atom is 0.318 e. The molecule has 1 N–H and O–H groups in total. The Labute approximate surface area is 223 Å². The first-order valence-electron chi connectivity index (χ1n) is 13.5. The van der Waals surface area contributed by atoms with Crippen molar-refractivity contribution >= 4 is 28.3 Å². The highest BCUT2D eigenvalue weighted by Gasteiger charge is 2.30. The van der Waals surface area contributed by atoms with Crippen molar-refractivity contribution < 1.29 is 9.53 Å². The van der Waals surface area contributed by atoms with Crippen LogP contribution in [0.15, 0.2) is 31.0 Å². The van der Waals surface area contributed by atoms with Gasteiger partial charge in [-0.2, -0.15) is 15.1 Å². The first-order chi connectivity index (χ1) is 18.5. The molecule has 2 saturated heterocycles. The van der Waals surface area contributed by atoms with Gasteiger partial charge in [0.15, 0.2) is 0 Å². The molecule has 6 rings (SSSR count). The zero-order valence-corrected chi connectivity index (χ0v) is 22.3. The molecule has 200 valence electrons. The van der Waals surface area contributed by atoms with Gasteiger partial charge in [0.05, 0.1) is 36.2 Å². The summed E-state index contributed by atoms with van der Waals surface area (Å²) < 4.78 is 6.25. The third-order valence-corrected chi connectivity index (χ3v) is 8.14. The highest BCUT2D eigenvalue weighted by molar-refractivity contribution is 5.93. The average Bonchev–Trinajstić information content (AvgIpc) is 3.59. The Balaban J connectivity index is 1.30. The van der Waals surface area contributed by atoms with Gasteiger partial charge in [-0.15, -0.1) is 0 Å². The molecule has 2 fully saturated rings. The van der Waals surface area contributed by atoms with Crippen molar-refractivity contribution in [2.24, 2.45) is 5.92 Å². The van der Waals surface area contributed by atoms with Crippen molar-refractivity contribution in [3.63, 3.8) is 0 Å². The number of aromatic nitrogens is 4. The fourth-order valence-electron chi connectivity index (χ4n) is 6.06. The van der Waals surface area contributed by atoms with Gasteiger partial charge < -0.3 is 24.3 Å². The molecule has 1 aromatic carbocycles. The first kappa shape index (κ1) is 24.7. The summed E-state index contributed by atoms with van der Waals surface area (Å²) in [5.74, 6) is 1.44. The van der Waals surface area contributed by atoms with Crippen LogP contribution in [0.2, 0.25) is 0 Å². The number of aryl methyl sites for hydroxylation is 1. The van der Waals surface area contributed by atoms with Gasteiger partial charge in [0.1, 0.15) is 5.82 Å². The summed E-state index contributed by atoms with van der Waals surface area (Å²) in [6, 6.07) is 4.69. The quantitative estimate of drug-likeness (QED) is 0.500. The van der Waals surface area contributed by atoms with Gasteiger partial charge in [0.25, 0.3) is 0 Å². The number of rotatable bonds is 6. The minimum absolute atomic E-state index is 0.0145. The maximum absolute atomic E-state index is 12.1. The maximum atomic E-state index is 12.1. The van der Waals surface area contributed by atoms with Crippen LogP contribution in [0.4, 0.5) is 11.5 Å². The lowest BCUT2D eigenvalue weighted by Crippen LogP contribution is -2.49. The molecule has 0 saturated carbocycles. The van der Waals surface area contributed by atoms with E-state index in [1.165, 1.54) is 22.9 Å². The Hall–Kier alpha value is -3.66. The van der Waals surface area contributed by atoms with Crippen molar-refractivity contribution in [2.45, 2.75) is 26.3 Å². The van der Waals surface area contributed by atoms with Crippen LogP contribution in [0.25, 0.3) is 10.9 Å². The number of amides is 1. The summed E-state index contributed by atoms with van der Waals surface area (Å²) in [6.07, 6.45) is 5.29. The van der Waals surface area contributed by atoms with Gasteiger partial charge in [0.2, 0.25) is 5.91 Å². The number of nitrogens with zero attached hydrogens (tertiary/aromatic N) is 7. The lowest BCUT2D eigenvalue weighted by Gasteiger charge is -2.38. The highest BCUT2D eigenvalue weighted by Crippen LogP contribution is 2.35. The second-order valence-electron chi connectivity index (χ2n) is 10.7. The second kappa shape index (κ2) is 10.2. The number of ether oxygens (including phenoxy) is 1. The van der Waals surface area contributed by atoms with Gasteiger partial charge in [-0.05, 0) is 51.1 Å². The predicted molar refractivity (Wildman–Crippen MR) is 148 cm³/mol. The van der Waals surface area contributed by atoms with E-state index in [0.29, 0.717) is 38.2 Å². The molecule has 1 amide bonds. The summed E-state index contributed by atoms with van der Waals surface area (Å²) in [5.41, 5.74) is 5.67. The number of benzene rings is 1. The van der Waals surface area contributed by atoms with Crippen LogP contribution in [0.3, 0.4) is 0 Å². The molecule has 3 aromatic rings. The predicted octanol–water partition coefficient (Wildman–Crippen LogP) is 2.39. The molecular weight excluding hydrogens is 480 g/mol. The van der Waals surface area contributed by atoms with E-state index in [9.17, 15) is 4.79 Å². The number of hydrogen-bond acceptors (Lipinski definition) is 8. The van der Waals surface area contributed by atoms with Crippen LogP contribution in [-0.4, -0.2) is 95.3 Å². The Morgan fingerprint density at radius 2 is 2.00 bits per heavy atom. The Kier molecular flexibility index (Phi) is 6.65. The fourth-order valence-corrected chi connectivity index (χ4v) is 6.06. The molecule has 2 aromatic heterocycles. The fraction of sp³-hybridized carbons (Fsp3) is 0.500. The Morgan fingerprint density at radius 1 is 1.16 bits per heavy atom. The monoisotopic (exact) mass is 516 g/mol. The van der Waals surface area contributed by atoms with Crippen LogP contribution in [0.5, 0.6) is 6.01 Å². The Morgan fingerprint density at radius 3 is 2.76 bits per heavy atom. The number of H-pyrrole nitrogens is 1. The molecular formula is C28H36N8O2. The minimum atomic E-state index is -0.0145. The van der Waals surface area contributed by atoms with Gasteiger partial charge in [-0.25, -0.2) is 0 Å². The summed E-state index contributed by atoms with van der Waals surface area (Å²) >= 11 is 0. The van der Waals surface area contributed by atoms with Crippen LogP contribution in [0.1, 0.15) is 23.2 Å². The molecule has 0 aliphatic carbocycles. The summed E-state index contributed by atoms with van der Waals surface area (Å²) in [4.78, 5) is 30.9. The molecule has 10 nitrogen and oxygen atoms in total. The number of piperazine rings is 1. The Bertz CT molecular complexity index is 1350. The van der Waals surface area contributed by atoms with E-state index in [0.717, 1.165) is 68.0 Å². The smallest absolute Gasteiger partial charge is 0.318 e. The topological polar surface area (TPSA) is 93.7 Å². The zero-order valence-electron chi connectivity index (χ0n) is 22.3. The molecule has 38 heavy (non-hydrogen) atoms. The standard InChI is InChI=1S/C28H36N8O2/c1-4-25(37)34-11-13-35(14-12-34)27-21-8-10-36(26-19(2)5-6-23-22(26)15-29-32-23)17-24(21)30-28(31-27)38-18-20-7-9-33(3)16-20/h4-6,15,20H,1,7-14,16-18H2,2-3H3,(H,29,32). The van der Waals surface area contributed by atoms with Gasteiger partial charge >= 0.3 is 6.01 Å². The second-order valence-corrected chi connectivity index (χ2v) is 10.7. The molecule has 0 spiro atoms. The largest absolute Gasteiger partial charge is 0.463 e. The first-order valence-corrected chi connectivity index (χ1v) is 13.5. The third-order valence-electron chi connectivity index (χ3n) is 8.14. The molecule has 10 heteroatoms. The lowest BCUT2D eigenvalue weighted by molar-refractivity contribution is -0.126. The summed E-state index contributed by atoms with van der Waals surface area (Å²) in [5, 5.41) is 8.52. The van der Waals surface area contributed by atoms with Crippen molar-refractivity contribution in [2.75, 3.05) is 69.3 Å². The van der Waals surface area contributed by atoms with E-state index < -0.39 is 0 Å². The number of fused-ring (bicyclic) bond motifs is 2. The van der Waals surface area contributed by atoms with Crippen molar-refractivity contribution in [3.8, 4) is 6.01 Å². The number of nitrogens with one attached hydrogen (secondary N) is 1. The highest BCUT2D eigenvalue weighted by atomic mass is 16.5.